The maximum Gasteiger partial charge on any atom is 0.0967 e. The van der Waals surface area contributed by atoms with Crippen molar-refractivity contribution >= 4 is 11.3 Å². The minimum absolute atomic E-state index is 0.602. The van der Waals surface area contributed by atoms with Crippen LogP contribution in [0.2, 0.25) is 0 Å². The fourth-order valence-electron chi connectivity index (χ4n) is 2.32. The molecule has 96 valence electrons. The number of thiophene rings is 1. The van der Waals surface area contributed by atoms with E-state index in [0.29, 0.717) is 6.54 Å². The highest BCUT2D eigenvalue weighted by Gasteiger charge is 2.18. The van der Waals surface area contributed by atoms with Gasteiger partial charge in [0.2, 0.25) is 0 Å². The zero-order valence-corrected chi connectivity index (χ0v) is 11.1. The van der Waals surface area contributed by atoms with Crippen molar-refractivity contribution in [3.8, 4) is 0 Å². The number of fused-ring (bicyclic) bond motifs is 1. The summed E-state index contributed by atoms with van der Waals surface area (Å²) in [4.78, 5) is 3.96. The van der Waals surface area contributed by atoms with Crippen LogP contribution >= 0.6 is 11.3 Å². The zero-order valence-electron chi connectivity index (χ0n) is 10.2. The van der Waals surface area contributed by atoms with E-state index in [2.05, 4.69) is 26.7 Å². The Kier molecular flexibility index (Phi) is 3.40. The Morgan fingerprint density at radius 1 is 1.44 bits per heavy atom. The van der Waals surface area contributed by atoms with Gasteiger partial charge >= 0.3 is 0 Å². The van der Waals surface area contributed by atoms with Crippen LogP contribution in [-0.2, 0) is 26.1 Å². The summed E-state index contributed by atoms with van der Waals surface area (Å²) in [5.74, 6) is 0. The van der Waals surface area contributed by atoms with Gasteiger partial charge in [-0.15, -0.1) is 16.4 Å². The largest absolute Gasteiger partial charge is 0.329 e. The van der Waals surface area contributed by atoms with Gasteiger partial charge < -0.3 is 5.73 Å². The molecular formula is C12H17N5S. The van der Waals surface area contributed by atoms with Crippen molar-refractivity contribution in [2.24, 2.45) is 5.73 Å². The van der Waals surface area contributed by atoms with Crippen LogP contribution in [0.5, 0.6) is 0 Å². The molecule has 0 radical (unpaired) electrons. The monoisotopic (exact) mass is 263 g/mol. The maximum atomic E-state index is 5.50. The molecule has 18 heavy (non-hydrogen) atoms. The van der Waals surface area contributed by atoms with E-state index < -0.39 is 0 Å². The lowest BCUT2D eigenvalue weighted by Gasteiger charge is -2.25. The van der Waals surface area contributed by atoms with Crippen molar-refractivity contribution in [2.45, 2.75) is 26.1 Å². The number of nitrogens with zero attached hydrogens (tertiary/aromatic N) is 4. The topological polar surface area (TPSA) is 60.0 Å². The van der Waals surface area contributed by atoms with Gasteiger partial charge in [-0.25, -0.2) is 0 Å². The van der Waals surface area contributed by atoms with Gasteiger partial charge in [0.05, 0.1) is 12.2 Å². The van der Waals surface area contributed by atoms with Gasteiger partial charge in [0.15, 0.2) is 0 Å². The number of aromatic nitrogens is 3. The van der Waals surface area contributed by atoms with Crippen LogP contribution in [0.15, 0.2) is 17.6 Å². The second-order valence-corrected chi connectivity index (χ2v) is 5.59. The van der Waals surface area contributed by atoms with E-state index in [0.717, 1.165) is 38.3 Å². The molecule has 0 amide bonds. The quantitative estimate of drug-likeness (QED) is 0.888. The van der Waals surface area contributed by atoms with Gasteiger partial charge in [0, 0.05) is 37.3 Å². The highest BCUT2D eigenvalue weighted by atomic mass is 32.1. The Morgan fingerprint density at radius 3 is 3.28 bits per heavy atom. The summed E-state index contributed by atoms with van der Waals surface area (Å²) >= 11 is 1.87. The summed E-state index contributed by atoms with van der Waals surface area (Å²) in [7, 11) is 0. The predicted octanol–water partition coefficient (Wildman–Crippen LogP) is 0.857. The summed E-state index contributed by atoms with van der Waals surface area (Å²) in [6.45, 7) is 4.35. The van der Waals surface area contributed by atoms with Crippen molar-refractivity contribution in [1.82, 2.24) is 19.9 Å². The third-order valence-corrected chi connectivity index (χ3v) is 4.24. The summed E-state index contributed by atoms with van der Waals surface area (Å²) in [5, 5.41) is 10.4. The van der Waals surface area contributed by atoms with E-state index in [-0.39, 0.29) is 0 Å². The maximum absolute atomic E-state index is 5.50. The Bertz CT molecular complexity index is 518. The standard InChI is InChI=1S/C12H17N5S/c13-3-5-17-9-11(14-15-17)8-16-4-1-12-10(7-16)2-6-18-12/h2,6,9H,1,3-5,7-8,13H2. The van der Waals surface area contributed by atoms with Crippen LogP contribution in [0.3, 0.4) is 0 Å². The molecule has 0 saturated heterocycles. The predicted molar refractivity (Wildman–Crippen MR) is 71.2 cm³/mol. The Hall–Kier alpha value is -1.24. The van der Waals surface area contributed by atoms with Gasteiger partial charge in [-0.1, -0.05) is 5.21 Å². The molecule has 0 saturated carbocycles. The average molecular weight is 263 g/mol. The summed E-state index contributed by atoms with van der Waals surface area (Å²) in [5.41, 5.74) is 8.00. The summed E-state index contributed by atoms with van der Waals surface area (Å²) in [6.07, 6.45) is 3.15. The molecule has 0 atom stereocenters. The molecule has 0 aromatic carbocycles. The van der Waals surface area contributed by atoms with E-state index >= 15 is 0 Å². The molecule has 0 fully saturated rings. The number of hydrogen-bond acceptors (Lipinski definition) is 5. The smallest absolute Gasteiger partial charge is 0.0967 e. The lowest BCUT2D eigenvalue weighted by atomic mass is 10.1. The molecule has 0 aliphatic carbocycles. The zero-order chi connectivity index (χ0) is 12.4. The van der Waals surface area contributed by atoms with E-state index in [1.807, 2.05) is 22.2 Å². The summed E-state index contributed by atoms with van der Waals surface area (Å²) in [6, 6.07) is 2.23. The number of nitrogens with two attached hydrogens (primary N) is 1. The van der Waals surface area contributed by atoms with E-state index in [9.17, 15) is 0 Å². The average Bonchev–Trinajstić information content (AvgIpc) is 2.98. The lowest BCUT2D eigenvalue weighted by molar-refractivity contribution is 0.244. The molecule has 2 N–H and O–H groups in total. The molecule has 0 unspecified atom stereocenters. The number of rotatable bonds is 4. The molecule has 2 aromatic heterocycles. The van der Waals surface area contributed by atoms with E-state index in [4.69, 9.17) is 5.73 Å². The lowest BCUT2D eigenvalue weighted by Crippen LogP contribution is -2.29. The van der Waals surface area contributed by atoms with Crippen LogP contribution in [0.4, 0.5) is 0 Å². The van der Waals surface area contributed by atoms with Crippen LogP contribution in [0, 0.1) is 0 Å². The van der Waals surface area contributed by atoms with Crippen LogP contribution in [-0.4, -0.2) is 33.0 Å². The first-order chi connectivity index (χ1) is 8.85. The fraction of sp³-hybridized carbons (Fsp3) is 0.500. The van der Waals surface area contributed by atoms with Crippen LogP contribution in [0.25, 0.3) is 0 Å². The minimum Gasteiger partial charge on any atom is -0.329 e. The third kappa shape index (κ3) is 2.45. The van der Waals surface area contributed by atoms with E-state index in [1.54, 1.807) is 0 Å². The van der Waals surface area contributed by atoms with Crippen molar-refractivity contribution in [1.29, 1.82) is 0 Å². The normalized spacial score (nSPS) is 15.8. The first-order valence-corrected chi connectivity index (χ1v) is 7.10. The molecule has 6 heteroatoms. The van der Waals surface area contributed by atoms with Gasteiger partial charge in [-0.05, 0) is 23.4 Å². The second-order valence-electron chi connectivity index (χ2n) is 4.59. The molecule has 5 nitrogen and oxygen atoms in total. The highest BCUT2D eigenvalue weighted by Crippen LogP contribution is 2.24. The molecule has 0 bridgehead atoms. The second kappa shape index (κ2) is 5.17. The molecular weight excluding hydrogens is 246 g/mol. The van der Waals surface area contributed by atoms with Gasteiger partial charge in [0.1, 0.15) is 0 Å². The SMILES string of the molecule is NCCn1cc(CN2CCc3sccc3C2)nn1. The number of hydrogen-bond donors (Lipinski definition) is 1. The van der Waals surface area contributed by atoms with Gasteiger partial charge in [0.25, 0.3) is 0 Å². The van der Waals surface area contributed by atoms with Gasteiger partial charge in [-0.2, -0.15) is 0 Å². The third-order valence-electron chi connectivity index (χ3n) is 3.22. The summed E-state index contributed by atoms with van der Waals surface area (Å²) < 4.78 is 1.81. The fourth-order valence-corrected chi connectivity index (χ4v) is 3.21. The molecule has 0 spiro atoms. The van der Waals surface area contributed by atoms with Crippen molar-refractivity contribution in [3.05, 3.63) is 33.8 Å². The van der Waals surface area contributed by atoms with E-state index in [1.165, 1.54) is 10.4 Å². The van der Waals surface area contributed by atoms with Crippen LogP contribution in [0.1, 0.15) is 16.1 Å². The first kappa shape index (κ1) is 11.8. The minimum atomic E-state index is 0.602. The Morgan fingerprint density at radius 2 is 2.39 bits per heavy atom. The molecule has 3 rings (SSSR count). The van der Waals surface area contributed by atoms with Gasteiger partial charge in [-0.3, -0.25) is 9.58 Å². The van der Waals surface area contributed by atoms with Crippen molar-refractivity contribution in [2.75, 3.05) is 13.1 Å². The van der Waals surface area contributed by atoms with Crippen molar-refractivity contribution < 1.29 is 0 Å². The Labute approximate surface area is 110 Å². The molecule has 2 aromatic rings. The highest BCUT2D eigenvalue weighted by molar-refractivity contribution is 7.10. The molecule has 3 heterocycles. The van der Waals surface area contributed by atoms with Crippen LogP contribution < -0.4 is 5.73 Å². The Balaban J connectivity index is 1.63. The molecule has 1 aliphatic heterocycles. The molecule has 1 aliphatic rings. The van der Waals surface area contributed by atoms with Crippen molar-refractivity contribution in [3.63, 3.8) is 0 Å². The first-order valence-electron chi connectivity index (χ1n) is 6.22.